The normalized spacial score (nSPS) is 9.92. The summed E-state index contributed by atoms with van der Waals surface area (Å²) in [7, 11) is 3.11. The van der Waals surface area contributed by atoms with Crippen molar-refractivity contribution in [2.45, 2.75) is 0 Å². The Kier molecular flexibility index (Phi) is 6.76. The molecule has 6 nitrogen and oxygen atoms in total. The van der Waals surface area contributed by atoms with E-state index < -0.39 is 0 Å². The largest absolute Gasteiger partial charge is 0.496 e. The summed E-state index contributed by atoms with van der Waals surface area (Å²) in [5.41, 5.74) is 0. The molecular weight excluding hydrogens is 310 g/mol. The molecule has 0 aliphatic carbocycles. The first kappa shape index (κ1) is 17.5. The standard InChI is InChI=1S/C18H21NO5/c1-21-15-10-16(22-2)12-17(11-15)24-13-18(20)19-8-9-23-14-6-4-3-5-7-14/h3-7,10-12H,8-9,13H2,1-2H3,(H,19,20). The zero-order valence-electron chi connectivity index (χ0n) is 13.8. The maximum absolute atomic E-state index is 11.8. The Balaban J connectivity index is 1.71. The number of benzene rings is 2. The molecule has 0 bridgehead atoms. The summed E-state index contributed by atoms with van der Waals surface area (Å²) in [6.07, 6.45) is 0. The van der Waals surface area contributed by atoms with Gasteiger partial charge in [0.25, 0.3) is 5.91 Å². The number of hydrogen-bond donors (Lipinski definition) is 1. The summed E-state index contributed by atoms with van der Waals surface area (Å²) in [5, 5.41) is 2.73. The predicted octanol–water partition coefficient (Wildman–Crippen LogP) is 2.28. The van der Waals surface area contributed by atoms with Crippen LogP contribution in [0.4, 0.5) is 0 Å². The van der Waals surface area contributed by atoms with Crippen LogP contribution < -0.4 is 24.3 Å². The molecule has 2 aromatic rings. The summed E-state index contributed by atoms with van der Waals surface area (Å²) in [5.74, 6) is 2.24. The minimum absolute atomic E-state index is 0.0956. The number of para-hydroxylation sites is 1. The van der Waals surface area contributed by atoms with E-state index in [-0.39, 0.29) is 12.5 Å². The van der Waals surface area contributed by atoms with Crippen molar-refractivity contribution in [3.8, 4) is 23.0 Å². The lowest BCUT2D eigenvalue weighted by atomic mass is 10.3. The van der Waals surface area contributed by atoms with Gasteiger partial charge in [-0.3, -0.25) is 4.79 Å². The molecule has 24 heavy (non-hydrogen) atoms. The fourth-order valence-corrected chi connectivity index (χ4v) is 1.94. The van der Waals surface area contributed by atoms with E-state index in [2.05, 4.69) is 5.32 Å². The van der Waals surface area contributed by atoms with E-state index in [1.165, 1.54) is 0 Å². The van der Waals surface area contributed by atoms with E-state index in [9.17, 15) is 4.79 Å². The fraction of sp³-hybridized carbons (Fsp3) is 0.278. The van der Waals surface area contributed by atoms with Gasteiger partial charge in [-0.25, -0.2) is 0 Å². The Morgan fingerprint density at radius 2 is 1.50 bits per heavy atom. The van der Waals surface area contributed by atoms with Crippen LogP contribution >= 0.6 is 0 Å². The second-order valence-electron chi connectivity index (χ2n) is 4.85. The number of nitrogens with one attached hydrogen (secondary N) is 1. The first-order valence-corrected chi connectivity index (χ1v) is 7.51. The van der Waals surface area contributed by atoms with Gasteiger partial charge in [0.15, 0.2) is 6.61 Å². The van der Waals surface area contributed by atoms with Crippen molar-refractivity contribution in [2.24, 2.45) is 0 Å². The molecule has 0 aliphatic heterocycles. The molecule has 6 heteroatoms. The second-order valence-corrected chi connectivity index (χ2v) is 4.85. The third kappa shape index (κ3) is 5.72. The molecule has 0 aromatic heterocycles. The van der Waals surface area contributed by atoms with Crippen LogP contribution in [-0.4, -0.2) is 39.9 Å². The van der Waals surface area contributed by atoms with Gasteiger partial charge in [0, 0.05) is 18.2 Å². The van der Waals surface area contributed by atoms with Gasteiger partial charge in [0.2, 0.25) is 0 Å². The van der Waals surface area contributed by atoms with Crippen molar-refractivity contribution in [1.82, 2.24) is 5.32 Å². The monoisotopic (exact) mass is 331 g/mol. The van der Waals surface area contributed by atoms with Gasteiger partial charge in [-0.1, -0.05) is 18.2 Å². The summed E-state index contributed by atoms with van der Waals surface area (Å²) in [6, 6.07) is 14.5. The van der Waals surface area contributed by atoms with Crippen LogP contribution in [-0.2, 0) is 4.79 Å². The van der Waals surface area contributed by atoms with Gasteiger partial charge in [-0.2, -0.15) is 0 Å². The van der Waals surface area contributed by atoms with Crippen molar-refractivity contribution < 1.29 is 23.7 Å². The highest BCUT2D eigenvalue weighted by Gasteiger charge is 2.06. The van der Waals surface area contributed by atoms with Crippen molar-refractivity contribution in [2.75, 3.05) is 34.0 Å². The van der Waals surface area contributed by atoms with Crippen molar-refractivity contribution in [3.05, 3.63) is 48.5 Å². The van der Waals surface area contributed by atoms with Gasteiger partial charge >= 0.3 is 0 Å². The lowest BCUT2D eigenvalue weighted by Gasteiger charge is -2.11. The minimum Gasteiger partial charge on any atom is -0.496 e. The Morgan fingerprint density at radius 3 is 2.12 bits per heavy atom. The van der Waals surface area contributed by atoms with Crippen molar-refractivity contribution in [1.29, 1.82) is 0 Å². The number of rotatable bonds is 9. The molecule has 2 rings (SSSR count). The van der Waals surface area contributed by atoms with Gasteiger partial charge in [-0.05, 0) is 12.1 Å². The van der Waals surface area contributed by atoms with Crippen LogP contribution in [0, 0.1) is 0 Å². The average Bonchev–Trinajstić information content (AvgIpc) is 2.64. The molecular formula is C18H21NO5. The number of hydrogen-bond acceptors (Lipinski definition) is 5. The molecule has 0 heterocycles. The zero-order chi connectivity index (χ0) is 17.2. The lowest BCUT2D eigenvalue weighted by Crippen LogP contribution is -2.32. The number of amides is 1. The van der Waals surface area contributed by atoms with E-state index >= 15 is 0 Å². The van der Waals surface area contributed by atoms with Crippen LogP contribution in [0.3, 0.4) is 0 Å². The number of ether oxygens (including phenoxy) is 4. The topological polar surface area (TPSA) is 66.0 Å². The highest BCUT2D eigenvalue weighted by molar-refractivity contribution is 5.77. The van der Waals surface area contributed by atoms with E-state index in [1.807, 2.05) is 30.3 Å². The molecule has 1 N–H and O–H groups in total. The van der Waals surface area contributed by atoms with Crippen LogP contribution in [0.5, 0.6) is 23.0 Å². The van der Waals surface area contributed by atoms with Crippen LogP contribution in [0.25, 0.3) is 0 Å². The second kappa shape index (κ2) is 9.29. The third-order valence-electron chi connectivity index (χ3n) is 3.13. The Morgan fingerprint density at radius 1 is 0.875 bits per heavy atom. The fourth-order valence-electron chi connectivity index (χ4n) is 1.94. The van der Waals surface area contributed by atoms with Gasteiger partial charge in [-0.15, -0.1) is 0 Å². The molecule has 0 radical (unpaired) electrons. The molecule has 0 fully saturated rings. The Bertz CT molecular complexity index is 623. The first-order chi connectivity index (χ1) is 11.7. The van der Waals surface area contributed by atoms with E-state index in [1.54, 1.807) is 32.4 Å². The van der Waals surface area contributed by atoms with E-state index in [0.29, 0.717) is 30.4 Å². The van der Waals surface area contributed by atoms with E-state index in [4.69, 9.17) is 18.9 Å². The first-order valence-electron chi connectivity index (χ1n) is 7.51. The zero-order valence-corrected chi connectivity index (χ0v) is 13.8. The predicted molar refractivity (Wildman–Crippen MR) is 90.0 cm³/mol. The Hall–Kier alpha value is -2.89. The Labute approximate surface area is 141 Å². The molecule has 0 saturated carbocycles. The highest BCUT2D eigenvalue weighted by Crippen LogP contribution is 2.27. The van der Waals surface area contributed by atoms with Gasteiger partial charge in [0.05, 0.1) is 20.8 Å². The molecule has 0 spiro atoms. The van der Waals surface area contributed by atoms with Gasteiger partial charge in [0.1, 0.15) is 29.6 Å². The maximum atomic E-state index is 11.8. The molecule has 0 aliphatic rings. The van der Waals surface area contributed by atoms with Crippen molar-refractivity contribution >= 4 is 5.91 Å². The number of carbonyl (C=O) groups is 1. The SMILES string of the molecule is COc1cc(OC)cc(OCC(=O)NCCOc2ccccc2)c1. The number of methoxy groups -OCH3 is 2. The average molecular weight is 331 g/mol. The minimum atomic E-state index is -0.228. The quantitative estimate of drug-likeness (QED) is 0.714. The molecule has 0 atom stereocenters. The molecule has 0 saturated heterocycles. The van der Waals surface area contributed by atoms with Crippen molar-refractivity contribution in [3.63, 3.8) is 0 Å². The summed E-state index contributed by atoms with van der Waals surface area (Å²) < 4.78 is 21.2. The molecule has 128 valence electrons. The third-order valence-corrected chi connectivity index (χ3v) is 3.13. The summed E-state index contributed by atoms with van der Waals surface area (Å²) >= 11 is 0. The summed E-state index contributed by atoms with van der Waals surface area (Å²) in [4.78, 5) is 11.8. The maximum Gasteiger partial charge on any atom is 0.258 e. The van der Waals surface area contributed by atoms with Crippen LogP contribution in [0.2, 0.25) is 0 Å². The highest BCUT2D eigenvalue weighted by atomic mass is 16.5. The lowest BCUT2D eigenvalue weighted by molar-refractivity contribution is -0.123. The smallest absolute Gasteiger partial charge is 0.258 e. The summed E-state index contributed by atoms with van der Waals surface area (Å²) in [6.45, 7) is 0.697. The van der Waals surface area contributed by atoms with Crippen LogP contribution in [0.1, 0.15) is 0 Å². The van der Waals surface area contributed by atoms with Gasteiger partial charge < -0.3 is 24.3 Å². The van der Waals surface area contributed by atoms with Crippen LogP contribution in [0.15, 0.2) is 48.5 Å². The molecule has 1 amide bonds. The molecule has 0 unspecified atom stereocenters. The molecule has 2 aromatic carbocycles. The van der Waals surface area contributed by atoms with E-state index in [0.717, 1.165) is 5.75 Å². The number of carbonyl (C=O) groups excluding carboxylic acids is 1.